The van der Waals surface area contributed by atoms with E-state index in [0.29, 0.717) is 47.8 Å². The van der Waals surface area contributed by atoms with Crippen LogP contribution in [0.1, 0.15) is 33.8 Å². The largest absolute Gasteiger partial charge is 0.382 e. The van der Waals surface area contributed by atoms with Crippen molar-refractivity contribution in [2.45, 2.75) is 18.4 Å². The standard InChI is InChI=1S/C17H19IN10O2/c18-11-13(20)25-12(19)10(24-11)14(29)26-16-22-7-17(27-16)2-5-28(6-3-17)15(30)9-1-4-21-8-23-9/h1,4,8H,2-3,5-7H2,(H4,19,20,25)(H2,22,26,27,29). The molecule has 0 bridgehead atoms. The Bertz CT molecular complexity index is 1020. The molecule has 0 radical (unpaired) electrons. The number of halogens is 1. The second-order valence-electron chi connectivity index (χ2n) is 7.04. The maximum absolute atomic E-state index is 12.6. The van der Waals surface area contributed by atoms with Gasteiger partial charge in [-0.1, -0.05) is 0 Å². The van der Waals surface area contributed by atoms with E-state index >= 15 is 0 Å². The Morgan fingerprint density at radius 1 is 1.20 bits per heavy atom. The smallest absolute Gasteiger partial charge is 0.302 e. The Kier molecular flexibility index (Phi) is 5.36. The van der Waals surface area contributed by atoms with Gasteiger partial charge in [-0.25, -0.2) is 19.9 Å². The van der Waals surface area contributed by atoms with Gasteiger partial charge in [-0.15, -0.1) is 0 Å². The molecule has 30 heavy (non-hydrogen) atoms. The third-order valence-corrected chi connectivity index (χ3v) is 5.90. The fraction of sp³-hybridized carbons (Fsp3) is 0.353. The van der Waals surface area contributed by atoms with E-state index in [9.17, 15) is 9.59 Å². The Balaban J connectivity index is 1.40. The molecule has 4 heterocycles. The lowest BCUT2D eigenvalue weighted by molar-refractivity contribution is 0.0663. The molecule has 1 spiro atoms. The first kappa shape index (κ1) is 20.2. The Morgan fingerprint density at radius 3 is 2.67 bits per heavy atom. The Labute approximate surface area is 185 Å². The van der Waals surface area contributed by atoms with Crippen LogP contribution in [0.15, 0.2) is 23.6 Å². The summed E-state index contributed by atoms with van der Waals surface area (Å²) in [6.07, 6.45) is 4.31. The van der Waals surface area contributed by atoms with Crippen LogP contribution >= 0.6 is 22.6 Å². The summed E-state index contributed by atoms with van der Waals surface area (Å²) < 4.78 is 0.384. The first-order chi connectivity index (χ1) is 14.4. The molecule has 0 aliphatic carbocycles. The summed E-state index contributed by atoms with van der Waals surface area (Å²) in [5, 5.41) is 6.41. The first-order valence-electron chi connectivity index (χ1n) is 9.16. The van der Waals surface area contributed by atoms with E-state index in [4.69, 9.17) is 11.5 Å². The molecule has 2 aromatic heterocycles. The van der Waals surface area contributed by atoms with E-state index in [-0.39, 0.29) is 28.8 Å². The minimum Gasteiger partial charge on any atom is -0.382 e. The lowest BCUT2D eigenvalue weighted by Gasteiger charge is -2.38. The summed E-state index contributed by atoms with van der Waals surface area (Å²) in [6, 6.07) is 1.60. The average molecular weight is 522 g/mol. The average Bonchev–Trinajstić information content (AvgIpc) is 3.13. The molecule has 0 atom stereocenters. The number of aromatic nitrogens is 4. The van der Waals surface area contributed by atoms with Gasteiger partial charge in [0.2, 0.25) is 0 Å². The highest BCUT2D eigenvalue weighted by atomic mass is 127. The van der Waals surface area contributed by atoms with E-state index in [1.54, 1.807) is 17.2 Å². The molecule has 0 unspecified atom stereocenters. The quantitative estimate of drug-likeness (QED) is 0.373. The summed E-state index contributed by atoms with van der Waals surface area (Å²) in [4.78, 5) is 46.7. The topological polar surface area (TPSA) is 177 Å². The monoisotopic (exact) mass is 522 g/mol. The summed E-state index contributed by atoms with van der Waals surface area (Å²) in [6.45, 7) is 1.72. The minimum absolute atomic E-state index is 0.0454. The van der Waals surface area contributed by atoms with Gasteiger partial charge >= 0.3 is 5.91 Å². The van der Waals surface area contributed by atoms with Crippen molar-refractivity contribution in [3.63, 3.8) is 0 Å². The fourth-order valence-electron chi connectivity index (χ4n) is 3.43. The van der Waals surface area contributed by atoms with Crippen molar-refractivity contribution in [1.29, 1.82) is 0 Å². The number of likely N-dealkylation sites (tertiary alicyclic amines) is 1. The van der Waals surface area contributed by atoms with Gasteiger partial charge in [0, 0.05) is 25.8 Å². The number of hydrogen-bond acceptors (Lipinski definition) is 8. The summed E-state index contributed by atoms with van der Waals surface area (Å²) in [5.41, 5.74) is 11.5. The number of piperidine rings is 1. The van der Waals surface area contributed by atoms with Gasteiger partial charge in [0.05, 0.1) is 5.54 Å². The summed E-state index contributed by atoms with van der Waals surface area (Å²) >= 11 is 1.88. The minimum atomic E-state index is -0.610. The zero-order chi connectivity index (χ0) is 21.3. The molecule has 0 saturated carbocycles. The number of nitrogens with zero attached hydrogens (tertiary/aromatic N) is 6. The molecule has 156 valence electrons. The molecule has 2 aliphatic heterocycles. The van der Waals surface area contributed by atoms with Crippen molar-refractivity contribution < 1.29 is 9.59 Å². The van der Waals surface area contributed by atoms with Crippen molar-refractivity contribution >= 4 is 52.0 Å². The highest BCUT2D eigenvalue weighted by Crippen LogP contribution is 2.25. The lowest BCUT2D eigenvalue weighted by Crippen LogP contribution is -2.53. The van der Waals surface area contributed by atoms with Crippen molar-refractivity contribution in [3.8, 4) is 0 Å². The van der Waals surface area contributed by atoms with Crippen molar-refractivity contribution in [3.05, 3.63) is 33.7 Å². The number of hydrogen-bond donors (Lipinski definition) is 4. The lowest BCUT2D eigenvalue weighted by atomic mass is 9.88. The van der Waals surface area contributed by atoms with Crippen molar-refractivity contribution in [1.82, 2.24) is 35.5 Å². The molecule has 2 aliphatic rings. The van der Waals surface area contributed by atoms with Gasteiger partial charge in [0.1, 0.15) is 15.7 Å². The number of rotatable bonds is 2. The van der Waals surface area contributed by atoms with Crippen LogP contribution < -0.4 is 22.1 Å². The third kappa shape index (κ3) is 3.96. The highest BCUT2D eigenvalue weighted by molar-refractivity contribution is 14.1. The van der Waals surface area contributed by atoms with Crippen molar-refractivity contribution in [2.24, 2.45) is 4.99 Å². The van der Waals surface area contributed by atoms with Crippen molar-refractivity contribution in [2.75, 3.05) is 31.1 Å². The number of amides is 2. The zero-order valence-corrected chi connectivity index (χ0v) is 18.0. The van der Waals surface area contributed by atoms with Gasteiger partial charge in [-0.05, 0) is 41.5 Å². The highest BCUT2D eigenvalue weighted by Gasteiger charge is 2.41. The number of guanidine groups is 1. The number of anilines is 2. The number of carbonyl (C=O) groups is 2. The Hall–Kier alpha value is -3.10. The van der Waals surface area contributed by atoms with E-state index in [0.717, 1.165) is 0 Å². The normalized spacial score (nSPS) is 18.8. The zero-order valence-electron chi connectivity index (χ0n) is 15.8. The fourth-order valence-corrected chi connectivity index (χ4v) is 3.79. The molecule has 0 aromatic carbocycles. The number of nitrogen functional groups attached to an aromatic ring is 2. The second kappa shape index (κ2) is 7.97. The van der Waals surface area contributed by atoms with E-state index in [1.165, 1.54) is 6.33 Å². The van der Waals surface area contributed by atoms with Crippen LogP contribution in [-0.2, 0) is 0 Å². The predicted molar refractivity (Wildman–Crippen MR) is 116 cm³/mol. The molecule has 6 N–H and O–H groups in total. The maximum atomic E-state index is 12.6. The molecule has 12 nitrogen and oxygen atoms in total. The molecule has 2 aromatic rings. The SMILES string of the molecule is Nc1nc(N)c(C(=O)/N=C2\NCC3(CCN(C(=O)c4ccncn4)CC3)N2)nc1I. The third-order valence-electron chi connectivity index (χ3n) is 5.11. The molecular weight excluding hydrogens is 503 g/mol. The maximum Gasteiger partial charge on any atom is 0.302 e. The van der Waals surface area contributed by atoms with Crippen LogP contribution in [0.3, 0.4) is 0 Å². The predicted octanol–water partition coefficient (Wildman–Crippen LogP) is -0.600. The molecule has 4 rings (SSSR count). The number of aliphatic imine (C=N–C) groups is 1. The van der Waals surface area contributed by atoms with Crippen LogP contribution in [-0.4, -0.2) is 67.8 Å². The van der Waals surface area contributed by atoms with Gasteiger partial charge < -0.3 is 27.0 Å². The molecule has 2 saturated heterocycles. The molecule has 13 heteroatoms. The van der Waals surface area contributed by atoms with E-state index in [2.05, 4.69) is 35.6 Å². The van der Waals surface area contributed by atoms with Crippen LogP contribution in [0.2, 0.25) is 0 Å². The molecule has 2 fully saturated rings. The second-order valence-corrected chi connectivity index (χ2v) is 8.07. The number of nitrogens with one attached hydrogen (secondary N) is 2. The summed E-state index contributed by atoms with van der Waals surface area (Å²) in [5.74, 6) is -0.276. The van der Waals surface area contributed by atoms with E-state index < -0.39 is 5.91 Å². The molecule has 2 amide bonds. The first-order valence-corrected chi connectivity index (χ1v) is 10.2. The Morgan fingerprint density at radius 2 is 1.97 bits per heavy atom. The van der Waals surface area contributed by atoms with Gasteiger partial charge in [0.25, 0.3) is 5.91 Å². The molecular formula is C17H19IN10O2. The van der Waals surface area contributed by atoms with Crippen LogP contribution in [0.4, 0.5) is 11.6 Å². The number of carbonyl (C=O) groups excluding carboxylic acids is 2. The van der Waals surface area contributed by atoms with Gasteiger partial charge in [-0.2, -0.15) is 4.99 Å². The van der Waals surface area contributed by atoms with Gasteiger partial charge in [-0.3, -0.25) is 9.59 Å². The summed E-state index contributed by atoms with van der Waals surface area (Å²) in [7, 11) is 0. The van der Waals surface area contributed by atoms with E-state index in [1.807, 2.05) is 22.6 Å². The van der Waals surface area contributed by atoms with Crippen LogP contribution in [0, 0.1) is 3.70 Å². The van der Waals surface area contributed by atoms with Crippen LogP contribution in [0.25, 0.3) is 0 Å². The van der Waals surface area contributed by atoms with Gasteiger partial charge in [0.15, 0.2) is 23.3 Å². The van der Waals surface area contributed by atoms with Crippen LogP contribution in [0.5, 0.6) is 0 Å². The number of nitrogens with two attached hydrogens (primary N) is 2.